The number of carbonyl (C=O) groups is 2. The normalized spacial score (nSPS) is 13.2. The number of carbonyl (C=O) groups excluding carboxylic acids is 1. The third kappa shape index (κ3) is 2.21. The van der Waals surface area contributed by atoms with Crippen molar-refractivity contribution in [2.24, 2.45) is 0 Å². The Hall–Kier alpha value is -1.85. The fourth-order valence-corrected chi connectivity index (χ4v) is 1.06. The number of hydrogen-bond donors (Lipinski definition) is 1. The Labute approximate surface area is 88.5 Å². The standard InChI is InChI=1S/C10H7F3O3/c11-7(9(15)16)8(14)10(12,13)6-4-2-1-3-5-6/h1-5,7H,(H,15,16). The highest BCUT2D eigenvalue weighted by Gasteiger charge is 2.47. The molecule has 0 aliphatic carbocycles. The maximum atomic E-state index is 13.3. The number of carboxylic acid groups (broad SMARTS) is 1. The number of hydrogen-bond acceptors (Lipinski definition) is 2. The number of alkyl halides is 3. The molecule has 1 rings (SSSR count). The fraction of sp³-hybridized carbons (Fsp3) is 0.200. The Balaban J connectivity index is 3.03. The van der Waals surface area contributed by atoms with Gasteiger partial charge in [0.05, 0.1) is 0 Å². The monoisotopic (exact) mass is 232 g/mol. The molecule has 0 amide bonds. The third-order valence-electron chi connectivity index (χ3n) is 1.89. The molecule has 0 radical (unpaired) electrons. The Morgan fingerprint density at radius 1 is 1.19 bits per heavy atom. The van der Waals surface area contributed by atoms with Crippen LogP contribution in [0, 0.1) is 0 Å². The van der Waals surface area contributed by atoms with Crippen LogP contribution >= 0.6 is 0 Å². The number of benzene rings is 1. The van der Waals surface area contributed by atoms with Crippen LogP contribution in [-0.4, -0.2) is 23.0 Å². The van der Waals surface area contributed by atoms with Crippen LogP contribution in [-0.2, 0) is 15.5 Å². The van der Waals surface area contributed by atoms with E-state index in [-0.39, 0.29) is 0 Å². The van der Waals surface area contributed by atoms with Crippen molar-refractivity contribution in [2.75, 3.05) is 0 Å². The van der Waals surface area contributed by atoms with Crippen molar-refractivity contribution in [1.29, 1.82) is 0 Å². The summed E-state index contributed by atoms with van der Waals surface area (Å²) >= 11 is 0. The van der Waals surface area contributed by atoms with E-state index in [4.69, 9.17) is 5.11 Å². The summed E-state index contributed by atoms with van der Waals surface area (Å²) in [5, 5.41) is 8.13. The van der Waals surface area contributed by atoms with Gasteiger partial charge < -0.3 is 5.11 Å². The SMILES string of the molecule is O=C(O)C(F)C(=O)C(F)(F)c1ccccc1. The quantitative estimate of drug-likeness (QED) is 0.805. The molecule has 0 aromatic heterocycles. The van der Waals surface area contributed by atoms with Crippen LogP contribution in [0.15, 0.2) is 30.3 Å². The van der Waals surface area contributed by atoms with E-state index in [1.54, 1.807) is 0 Å². The number of rotatable bonds is 4. The van der Waals surface area contributed by atoms with E-state index < -0.39 is 29.4 Å². The summed E-state index contributed by atoms with van der Waals surface area (Å²) in [5.41, 5.74) is -0.733. The summed E-state index contributed by atoms with van der Waals surface area (Å²) < 4.78 is 39.3. The molecule has 3 nitrogen and oxygen atoms in total. The first-order chi connectivity index (χ1) is 7.37. The summed E-state index contributed by atoms with van der Waals surface area (Å²) in [4.78, 5) is 21.0. The van der Waals surface area contributed by atoms with Crippen molar-refractivity contribution in [2.45, 2.75) is 12.1 Å². The highest BCUT2D eigenvalue weighted by atomic mass is 19.3. The van der Waals surface area contributed by atoms with Gasteiger partial charge in [-0.15, -0.1) is 0 Å². The van der Waals surface area contributed by atoms with Gasteiger partial charge in [0.25, 0.3) is 12.0 Å². The lowest BCUT2D eigenvalue weighted by atomic mass is 10.0. The zero-order chi connectivity index (χ0) is 12.3. The highest BCUT2D eigenvalue weighted by molar-refractivity contribution is 6.04. The largest absolute Gasteiger partial charge is 0.479 e. The second-order valence-electron chi connectivity index (χ2n) is 3.01. The van der Waals surface area contributed by atoms with E-state index in [1.165, 1.54) is 18.2 Å². The molecular weight excluding hydrogens is 225 g/mol. The second kappa shape index (κ2) is 4.34. The minimum absolute atomic E-state index is 0.733. The van der Waals surface area contributed by atoms with Crippen LogP contribution < -0.4 is 0 Å². The van der Waals surface area contributed by atoms with Gasteiger partial charge in [-0.25, -0.2) is 9.18 Å². The average Bonchev–Trinajstić information content (AvgIpc) is 2.28. The van der Waals surface area contributed by atoms with Crippen LogP contribution in [0.4, 0.5) is 13.2 Å². The van der Waals surface area contributed by atoms with Gasteiger partial charge in [-0.05, 0) is 0 Å². The molecule has 0 saturated heterocycles. The van der Waals surface area contributed by atoms with Crippen molar-refractivity contribution in [3.05, 3.63) is 35.9 Å². The van der Waals surface area contributed by atoms with Crippen molar-refractivity contribution in [3.8, 4) is 0 Å². The summed E-state index contributed by atoms with van der Waals surface area (Å²) in [6.07, 6.45) is -3.23. The summed E-state index contributed by atoms with van der Waals surface area (Å²) in [7, 11) is 0. The zero-order valence-corrected chi connectivity index (χ0v) is 7.86. The van der Waals surface area contributed by atoms with Crippen molar-refractivity contribution in [3.63, 3.8) is 0 Å². The number of ketones is 1. The molecule has 0 spiro atoms. The summed E-state index contributed by atoms with van der Waals surface area (Å²) in [5.74, 6) is -8.63. The summed E-state index contributed by atoms with van der Waals surface area (Å²) in [6.45, 7) is 0. The molecule has 0 bridgehead atoms. The fourth-order valence-electron chi connectivity index (χ4n) is 1.06. The van der Waals surface area contributed by atoms with Crippen LogP contribution in [0.25, 0.3) is 0 Å². The molecule has 0 aliphatic rings. The molecule has 1 aromatic rings. The zero-order valence-electron chi connectivity index (χ0n) is 7.86. The molecule has 1 atom stereocenters. The molecule has 16 heavy (non-hydrogen) atoms. The minimum atomic E-state index is -4.14. The molecule has 1 unspecified atom stereocenters. The van der Waals surface area contributed by atoms with Gasteiger partial charge >= 0.3 is 11.9 Å². The van der Waals surface area contributed by atoms with E-state index in [9.17, 15) is 22.8 Å². The lowest BCUT2D eigenvalue weighted by Gasteiger charge is -2.15. The van der Waals surface area contributed by atoms with Crippen molar-refractivity contribution < 1.29 is 27.9 Å². The van der Waals surface area contributed by atoms with E-state index >= 15 is 0 Å². The maximum Gasteiger partial charge on any atom is 0.346 e. The second-order valence-corrected chi connectivity index (χ2v) is 3.01. The van der Waals surface area contributed by atoms with Crippen LogP contribution in [0.2, 0.25) is 0 Å². The van der Waals surface area contributed by atoms with Gasteiger partial charge in [-0.3, -0.25) is 4.79 Å². The molecular formula is C10H7F3O3. The van der Waals surface area contributed by atoms with Gasteiger partial charge in [-0.2, -0.15) is 8.78 Å². The Morgan fingerprint density at radius 2 is 1.69 bits per heavy atom. The molecule has 0 fully saturated rings. The van der Waals surface area contributed by atoms with Crippen molar-refractivity contribution >= 4 is 11.8 Å². The molecule has 0 heterocycles. The van der Waals surface area contributed by atoms with Gasteiger partial charge in [-0.1, -0.05) is 30.3 Å². The Morgan fingerprint density at radius 3 is 2.12 bits per heavy atom. The van der Waals surface area contributed by atoms with E-state index in [2.05, 4.69) is 0 Å². The third-order valence-corrected chi connectivity index (χ3v) is 1.89. The Bertz CT molecular complexity index is 403. The number of carboxylic acids is 1. The first-order valence-electron chi connectivity index (χ1n) is 4.22. The van der Waals surface area contributed by atoms with Crippen molar-refractivity contribution in [1.82, 2.24) is 0 Å². The minimum Gasteiger partial charge on any atom is -0.479 e. The van der Waals surface area contributed by atoms with Gasteiger partial charge in [0, 0.05) is 5.56 Å². The molecule has 1 N–H and O–H groups in total. The molecule has 1 aromatic carbocycles. The molecule has 0 aliphatic heterocycles. The predicted molar refractivity (Wildman–Crippen MR) is 47.9 cm³/mol. The topological polar surface area (TPSA) is 54.4 Å². The van der Waals surface area contributed by atoms with Crippen LogP contribution in [0.3, 0.4) is 0 Å². The maximum absolute atomic E-state index is 13.3. The predicted octanol–water partition coefficient (Wildman–Crippen LogP) is 1.77. The smallest absolute Gasteiger partial charge is 0.346 e. The molecule has 86 valence electrons. The summed E-state index contributed by atoms with van der Waals surface area (Å²) in [6, 6.07) is 5.77. The molecule has 6 heteroatoms. The number of aliphatic carboxylic acids is 1. The Kier molecular flexibility index (Phi) is 3.31. The number of Topliss-reactive ketones (excluding diaryl/α,β-unsaturated/α-hetero) is 1. The van der Waals surface area contributed by atoms with Gasteiger partial charge in [0.15, 0.2) is 0 Å². The first kappa shape index (κ1) is 12.2. The molecule has 0 saturated carbocycles. The van der Waals surface area contributed by atoms with Gasteiger partial charge in [0.1, 0.15) is 0 Å². The van der Waals surface area contributed by atoms with E-state index in [0.717, 1.165) is 12.1 Å². The van der Waals surface area contributed by atoms with E-state index in [0.29, 0.717) is 0 Å². The highest BCUT2D eigenvalue weighted by Crippen LogP contribution is 2.30. The lowest BCUT2D eigenvalue weighted by molar-refractivity contribution is -0.160. The first-order valence-corrected chi connectivity index (χ1v) is 4.22. The van der Waals surface area contributed by atoms with Crippen LogP contribution in [0.5, 0.6) is 0 Å². The van der Waals surface area contributed by atoms with Gasteiger partial charge in [0.2, 0.25) is 0 Å². The number of halogens is 3. The van der Waals surface area contributed by atoms with Crippen LogP contribution in [0.1, 0.15) is 5.56 Å². The average molecular weight is 232 g/mol. The lowest BCUT2D eigenvalue weighted by Crippen LogP contribution is -2.38. The van der Waals surface area contributed by atoms with E-state index in [1.807, 2.05) is 0 Å².